The van der Waals surface area contributed by atoms with Crippen LogP contribution >= 0.6 is 34.8 Å². The van der Waals surface area contributed by atoms with Crippen molar-refractivity contribution in [2.45, 2.75) is 19.3 Å². The Morgan fingerprint density at radius 3 is 1.91 bits per heavy atom. The molecule has 0 heterocycles. The maximum atomic E-state index is 12.8. The van der Waals surface area contributed by atoms with Gasteiger partial charge in [0.1, 0.15) is 6.61 Å². The monoisotopic (exact) mass is 535 g/mol. The summed E-state index contributed by atoms with van der Waals surface area (Å²) in [7, 11) is 0. The molecule has 0 bridgehead atoms. The number of nitrogens with one attached hydrogen (secondary N) is 1. The molecule has 1 amide bonds. The van der Waals surface area contributed by atoms with Gasteiger partial charge in [-0.25, -0.2) is 14.4 Å². The van der Waals surface area contributed by atoms with E-state index in [1.807, 2.05) is 36.4 Å². The second-order valence-electron chi connectivity index (χ2n) is 7.21. The Morgan fingerprint density at radius 1 is 0.800 bits per heavy atom. The SMILES string of the molecule is O=C(N[C@@H](COCc1ccccc1)C(=O)OC(=O)c1c(Cl)cc(Cl)cc1Cl)OCc1ccccc1. The van der Waals surface area contributed by atoms with E-state index in [0.717, 1.165) is 11.1 Å². The highest BCUT2D eigenvalue weighted by atomic mass is 35.5. The van der Waals surface area contributed by atoms with Crippen molar-refractivity contribution in [3.8, 4) is 0 Å². The smallest absolute Gasteiger partial charge is 0.408 e. The molecule has 3 aromatic carbocycles. The number of esters is 2. The van der Waals surface area contributed by atoms with Crippen molar-refractivity contribution in [2.75, 3.05) is 6.61 Å². The van der Waals surface area contributed by atoms with Crippen molar-refractivity contribution >= 4 is 52.8 Å². The number of amides is 1. The van der Waals surface area contributed by atoms with E-state index in [1.165, 1.54) is 12.1 Å². The van der Waals surface area contributed by atoms with Gasteiger partial charge in [0.05, 0.1) is 28.8 Å². The standard InChI is InChI=1S/C25H20Cl3NO6/c26-18-11-19(27)22(20(28)12-18)24(31)35-23(30)21(15-33-13-16-7-3-1-4-8-16)29-25(32)34-14-17-9-5-2-6-10-17/h1-12,21H,13-15H2,(H,29,32)/t21-/m0/s1. The summed E-state index contributed by atoms with van der Waals surface area (Å²) < 4.78 is 15.7. The minimum absolute atomic E-state index is 0.0196. The lowest BCUT2D eigenvalue weighted by Crippen LogP contribution is -2.45. The van der Waals surface area contributed by atoms with Crippen molar-refractivity contribution in [1.82, 2.24) is 5.32 Å². The van der Waals surface area contributed by atoms with Gasteiger partial charge < -0.3 is 19.5 Å². The molecule has 1 atom stereocenters. The van der Waals surface area contributed by atoms with Gasteiger partial charge in [0.15, 0.2) is 6.04 Å². The molecule has 0 aliphatic carbocycles. The van der Waals surface area contributed by atoms with Crippen LogP contribution in [0.4, 0.5) is 4.79 Å². The zero-order chi connectivity index (χ0) is 25.2. The second-order valence-corrected chi connectivity index (χ2v) is 8.46. The summed E-state index contributed by atoms with van der Waals surface area (Å²) in [4.78, 5) is 37.7. The third-order valence-electron chi connectivity index (χ3n) is 4.59. The van der Waals surface area contributed by atoms with Gasteiger partial charge in [0.25, 0.3) is 0 Å². The van der Waals surface area contributed by atoms with E-state index < -0.39 is 24.1 Å². The van der Waals surface area contributed by atoms with E-state index >= 15 is 0 Å². The van der Waals surface area contributed by atoms with Crippen LogP contribution < -0.4 is 5.32 Å². The Labute approximate surface area is 216 Å². The van der Waals surface area contributed by atoms with E-state index in [9.17, 15) is 14.4 Å². The zero-order valence-corrected chi connectivity index (χ0v) is 20.5. The normalized spacial score (nSPS) is 11.4. The first-order valence-corrected chi connectivity index (χ1v) is 11.5. The predicted octanol–water partition coefficient (Wildman–Crippen LogP) is 5.84. The molecule has 0 unspecified atom stereocenters. The first kappa shape index (κ1) is 26.5. The molecule has 3 rings (SSSR count). The van der Waals surface area contributed by atoms with E-state index in [4.69, 9.17) is 49.0 Å². The van der Waals surface area contributed by atoms with E-state index in [0.29, 0.717) is 0 Å². The summed E-state index contributed by atoms with van der Waals surface area (Å²) in [5.74, 6) is -2.18. The van der Waals surface area contributed by atoms with Crippen LogP contribution in [0.15, 0.2) is 72.8 Å². The molecule has 10 heteroatoms. The number of carbonyl (C=O) groups is 3. The first-order valence-electron chi connectivity index (χ1n) is 10.3. The number of alkyl carbamates (subject to hydrolysis) is 1. The van der Waals surface area contributed by atoms with Gasteiger partial charge in [0, 0.05) is 5.02 Å². The summed E-state index contributed by atoms with van der Waals surface area (Å²) in [5, 5.41) is 2.39. The van der Waals surface area contributed by atoms with Crippen LogP contribution in [0.3, 0.4) is 0 Å². The molecule has 0 aliphatic heterocycles. The van der Waals surface area contributed by atoms with Crippen LogP contribution in [0, 0.1) is 0 Å². The summed E-state index contributed by atoms with van der Waals surface area (Å²) >= 11 is 17.9. The van der Waals surface area contributed by atoms with E-state index in [2.05, 4.69) is 5.32 Å². The third-order valence-corrected chi connectivity index (χ3v) is 5.40. The van der Waals surface area contributed by atoms with Crippen molar-refractivity contribution in [2.24, 2.45) is 0 Å². The number of ether oxygens (including phenoxy) is 3. The summed E-state index contributed by atoms with van der Waals surface area (Å²) in [6, 6.07) is 19.4. The lowest BCUT2D eigenvalue weighted by molar-refractivity contribution is -0.142. The fraction of sp³-hybridized carbons (Fsp3) is 0.160. The Bertz CT molecular complexity index is 1150. The molecule has 35 heavy (non-hydrogen) atoms. The van der Waals surface area contributed by atoms with E-state index in [-0.39, 0.29) is 40.5 Å². The van der Waals surface area contributed by atoms with Crippen LogP contribution in [0.1, 0.15) is 21.5 Å². The number of hydrogen-bond acceptors (Lipinski definition) is 6. The maximum Gasteiger partial charge on any atom is 0.408 e. The minimum atomic E-state index is -1.35. The number of hydrogen-bond donors (Lipinski definition) is 1. The Hall–Kier alpha value is -3.10. The first-order chi connectivity index (χ1) is 16.8. The molecular weight excluding hydrogens is 517 g/mol. The van der Waals surface area contributed by atoms with Gasteiger partial charge in [-0.05, 0) is 23.3 Å². The molecule has 0 aromatic heterocycles. The molecule has 0 saturated heterocycles. The topological polar surface area (TPSA) is 90.9 Å². The molecule has 0 saturated carbocycles. The van der Waals surface area contributed by atoms with Crippen molar-refractivity contribution in [3.63, 3.8) is 0 Å². The van der Waals surface area contributed by atoms with Crippen LogP contribution in [0.2, 0.25) is 15.1 Å². The average molecular weight is 537 g/mol. The highest BCUT2D eigenvalue weighted by Gasteiger charge is 2.28. The number of halogens is 3. The fourth-order valence-corrected chi connectivity index (χ4v) is 3.87. The molecule has 182 valence electrons. The summed E-state index contributed by atoms with van der Waals surface area (Å²) in [6.07, 6.45) is -0.894. The predicted molar refractivity (Wildman–Crippen MR) is 132 cm³/mol. The Kier molecular flexibility index (Phi) is 9.93. The summed E-state index contributed by atoms with van der Waals surface area (Å²) in [5.41, 5.74) is 1.37. The lowest BCUT2D eigenvalue weighted by Gasteiger charge is -2.17. The fourth-order valence-electron chi connectivity index (χ4n) is 2.90. The molecule has 0 fully saturated rings. The molecule has 0 spiro atoms. The number of carbonyl (C=O) groups excluding carboxylic acids is 3. The average Bonchev–Trinajstić information content (AvgIpc) is 2.82. The van der Waals surface area contributed by atoms with Gasteiger partial charge in [-0.1, -0.05) is 95.5 Å². The van der Waals surface area contributed by atoms with Crippen molar-refractivity contribution < 1.29 is 28.6 Å². The maximum absolute atomic E-state index is 12.8. The Balaban J connectivity index is 1.66. The highest BCUT2D eigenvalue weighted by molar-refractivity contribution is 6.42. The van der Waals surface area contributed by atoms with Crippen LogP contribution in [-0.2, 0) is 32.2 Å². The largest absolute Gasteiger partial charge is 0.445 e. The van der Waals surface area contributed by atoms with Gasteiger partial charge in [0.2, 0.25) is 0 Å². The second kappa shape index (κ2) is 13.1. The Morgan fingerprint density at radius 2 is 1.34 bits per heavy atom. The van der Waals surface area contributed by atoms with Crippen LogP contribution in [-0.4, -0.2) is 30.7 Å². The third kappa shape index (κ3) is 8.26. The van der Waals surface area contributed by atoms with Gasteiger partial charge in [-0.2, -0.15) is 0 Å². The van der Waals surface area contributed by atoms with Gasteiger partial charge in [-0.3, -0.25) is 0 Å². The van der Waals surface area contributed by atoms with Gasteiger partial charge >= 0.3 is 18.0 Å². The summed E-state index contributed by atoms with van der Waals surface area (Å²) in [6.45, 7) is -0.147. The van der Waals surface area contributed by atoms with Crippen LogP contribution in [0.25, 0.3) is 0 Å². The lowest BCUT2D eigenvalue weighted by atomic mass is 10.2. The molecule has 0 radical (unpaired) electrons. The molecule has 7 nitrogen and oxygen atoms in total. The number of rotatable bonds is 9. The molecule has 3 aromatic rings. The highest BCUT2D eigenvalue weighted by Crippen LogP contribution is 2.29. The quantitative estimate of drug-likeness (QED) is 0.273. The number of benzene rings is 3. The minimum Gasteiger partial charge on any atom is -0.445 e. The van der Waals surface area contributed by atoms with E-state index in [1.54, 1.807) is 24.3 Å². The molecule has 1 N–H and O–H groups in total. The van der Waals surface area contributed by atoms with Crippen molar-refractivity contribution in [3.05, 3.63) is 105 Å². The zero-order valence-electron chi connectivity index (χ0n) is 18.2. The van der Waals surface area contributed by atoms with Crippen LogP contribution in [0.5, 0.6) is 0 Å². The van der Waals surface area contributed by atoms with Crippen molar-refractivity contribution in [1.29, 1.82) is 0 Å². The molecule has 0 aliphatic rings. The molecular formula is C25H20Cl3NO6. The van der Waals surface area contributed by atoms with Gasteiger partial charge in [-0.15, -0.1) is 0 Å².